The second-order valence-corrected chi connectivity index (χ2v) is 4.03. The normalized spacial score (nSPS) is 13.6. The van der Waals surface area contributed by atoms with E-state index in [2.05, 4.69) is 29.5 Å². The molecule has 0 aliphatic carbocycles. The molecular weight excluding hydrogens is 202 g/mol. The van der Waals surface area contributed by atoms with Gasteiger partial charge in [0.05, 0.1) is 13.2 Å². The predicted octanol–water partition coefficient (Wildman–Crippen LogP) is 1.50. The topological polar surface area (TPSA) is 56.7 Å². The van der Waals surface area contributed by atoms with Crippen LogP contribution in [-0.4, -0.2) is 36.8 Å². The summed E-state index contributed by atoms with van der Waals surface area (Å²) in [5.74, 6) is 0.806. The van der Waals surface area contributed by atoms with E-state index in [0.717, 1.165) is 18.9 Å². The first-order chi connectivity index (χ1) is 7.74. The summed E-state index contributed by atoms with van der Waals surface area (Å²) in [6, 6.07) is 0.433. The van der Waals surface area contributed by atoms with Crippen molar-refractivity contribution in [1.82, 2.24) is 10.6 Å². The molecule has 0 aliphatic rings. The second-order valence-electron chi connectivity index (χ2n) is 4.03. The van der Waals surface area contributed by atoms with Gasteiger partial charge in [0.15, 0.2) is 5.96 Å². The Morgan fingerprint density at radius 1 is 1.31 bits per heavy atom. The Morgan fingerprint density at radius 2 is 2.06 bits per heavy atom. The summed E-state index contributed by atoms with van der Waals surface area (Å²) in [6.45, 7) is 7.82. The molecule has 0 fully saturated rings. The molecule has 0 rings (SSSR count). The van der Waals surface area contributed by atoms with E-state index in [9.17, 15) is 0 Å². The van der Waals surface area contributed by atoms with Crippen LogP contribution in [0.5, 0.6) is 0 Å². The highest BCUT2D eigenvalue weighted by molar-refractivity contribution is 5.79. The minimum Gasteiger partial charge on any atom is -0.394 e. The number of hydrogen-bond donors (Lipinski definition) is 3. The van der Waals surface area contributed by atoms with Crippen LogP contribution < -0.4 is 10.6 Å². The fraction of sp³-hybridized carbons (Fsp3) is 0.917. The lowest BCUT2D eigenvalue weighted by atomic mass is 10.1. The summed E-state index contributed by atoms with van der Waals surface area (Å²) in [5, 5.41) is 15.2. The number of guanidine groups is 1. The third-order valence-electron chi connectivity index (χ3n) is 2.34. The van der Waals surface area contributed by atoms with Gasteiger partial charge in [-0.2, -0.15) is 0 Å². The maximum Gasteiger partial charge on any atom is 0.191 e. The molecule has 0 bridgehead atoms. The molecule has 16 heavy (non-hydrogen) atoms. The number of aliphatic hydroxyl groups excluding tert-OH is 1. The van der Waals surface area contributed by atoms with Gasteiger partial charge in [-0.1, -0.05) is 26.2 Å². The van der Waals surface area contributed by atoms with Crippen molar-refractivity contribution in [2.24, 2.45) is 4.99 Å². The van der Waals surface area contributed by atoms with Gasteiger partial charge in [0.2, 0.25) is 0 Å². The van der Waals surface area contributed by atoms with E-state index in [4.69, 9.17) is 5.11 Å². The number of aliphatic imine (C=N–C) groups is 1. The minimum atomic E-state index is 0.0980. The molecule has 0 radical (unpaired) electrons. The summed E-state index contributed by atoms with van der Waals surface area (Å²) in [7, 11) is 0. The van der Waals surface area contributed by atoms with Crippen LogP contribution in [0.4, 0.5) is 0 Å². The molecule has 0 aliphatic heterocycles. The van der Waals surface area contributed by atoms with Gasteiger partial charge in [0.1, 0.15) is 0 Å². The van der Waals surface area contributed by atoms with Crippen molar-refractivity contribution in [3.8, 4) is 0 Å². The van der Waals surface area contributed by atoms with E-state index in [0.29, 0.717) is 12.6 Å². The van der Waals surface area contributed by atoms with Crippen molar-refractivity contribution in [1.29, 1.82) is 0 Å². The largest absolute Gasteiger partial charge is 0.394 e. The third kappa shape index (κ3) is 8.53. The van der Waals surface area contributed by atoms with Crippen LogP contribution in [0.25, 0.3) is 0 Å². The molecule has 4 heteroatoms. The Bertz CT molecular complexity index is 183. The summed E-state index contributed by atoms with van der Waals surface area (Å²) in [6.07, 6.45) is 4.96. The average molecular weight is 229 g/mol. The van der Waals surface area contributed by atoms with Gasteiger partial charge in [-0.3, -0.25) is 4.99 Å². The number of unbranched alkanes of at least 4 members (excludes halogenated alkanes) is 2. The molecule has 1 atom stereocenters. The van der Waals surface area contributed by atoms with Crippen LogP contribution in [-0.2, 0) is 0 Å². The Hall–Kier alpha value is -0.770. The van der Waals surface area contributed by atoms with Gasteiger partial charge >= 0.3 is 0 Å². The second kappa shape index (κ2) is 10.7. The summed E-state index contributed by atoms with van der Waals surface area (Å²) >= 11 is 0. The molecular formula is C12H27N3O. The zero-order valence-corrected chi connectivity index (χ0v) is 10.9. The predicted molar refractivity (Wildman–Crippen MR) is 69.8 cm³/mol. The highest BCUT2D eigenvalue weighted by Gasteiger charge is 2.03. The van der Waals surface area contributed by atoms with E-state index in [-0.39, 0.29) is 6.61 Å². The molecule has 0 aromatic carbocycles. The summed E-state index contributed by atoms with van der Waals surface area (Å²) in [5.41, 5.74) is 0. The third-order valence-corrected chi connectivity index (χ3v) is 2.34. The lowest BCUT2D eigenvalue weighted by Gasteiger charge is -2.17. The smallest absolute Gasteiger partial charge is 0.191 e. The van der Waals surface area contributed by atoms with Gasteiger partial charge < -0.3 is 15.7 Å². The maximum absolute atomic E-state index is 8.73. The number of rotatable bonds is 8. The molecule has 0 aromatic heterocycles. The Kier molecular flexibility index (Phi) is 10.2. The van der Waals surface area contributed by atoms with Crippen LogP contribution in [0.1, 0.15) is 46.5 Å². The molecule has 0 saturated carbocycles. The molecule has 0 amide bonds. The van der Waals surface area contributed by atoms with Crippen molar-refractivity contribution < 1.29 is 5.11 Å². The van der Waals surface area contributed by atoms with Crippen molar-refractivity contribution >= 4 is 5.96 Å². The van der Waals surface area contributed by atoms with Gasteiger partial charge in [-0.05, 0) is 20.3 Å². The van der Waals surface area contributed by atoms with Gasteiger partial charge in [0, 0.05) is 12.6 Å². The van der Waals surface area contributed by atoms with Gasteiger partial charge in [-0.15, -0.1) is 0 Å². The lowest BCUT2D eigenvalue weighted by molar-refractivity contribution is 0.306. The summed E-state index contributed by atoms with van der Waals surface area (Å²) < 4.78 is 0. The van der Waals surface area contributed by atoms with Crippen LogP contribution in [0, 0.1) is 0 Å². The number of hydrogen-bond acceptors (Lipinski definition) is 2. The highest BCUT2D eigenvalue weighted by Crippen LogP contribution is 2.02. The molecule has 0 heterocycles. The average Bonchev–Trinajstić information content (AvgIpc) is 2.26. The molecule has 4 nitrogen and oxygen atoms in total. The quantitative estimate of drug-likeness (QED) is 0.336. The molecule has 96 valence electrons. The number of aliphatic hydroxyl groups is 1. The standard InChI is InChI=1S/C12H27N3O/c1-4-6-7-8-11(3)15-12(13-5-2)14-9-10-16/h11,16H,4-10H2,1-3H3,(H2,13,14,15). The minimum absolute atomic E-state index is 0.0980. The van der Waals surface area contributed by atoms with Crippen molar-refractivity contribution in [2.75, 3.05) is 19.7 Å². The summed E-state index contributed by atoms with van der Waals surface area (Å²) in [4.78, 5) is 4.24. The first kappa shape index (κ1) is 15.2. The van der Waals surface area contributed by atoms with Gasteiger partial charge in [-0.25, -0.2) is 0 Å². The molecule has 0 saturated heterocycles. The first-order valence-electron chi connectivity index (χ1n) is 6.40. The number of nitrogens with one attached hydrogen (secondary N) is 2. The van der Waals surface area contributed by atoms with Crippen molar-refractivity contribution in [3.05, 3.63) is 0 Å². The SMILES string of the molecule is CCCCCC(C)NC(=NCCO)NCC. The van der Waals surface area contributed by atoms with Crippen molar-refractivity contribution in [2.45, 2.75) is 52.5 Å². The number of nitrogens with zero attached hydrogens (tertiary/aromatic N) is 1. The molecule has 1 unspecified atom stereocenters. The Morgan fingerprint density at radius 3 is 2.62 bits per heavy atom. The van der Waals surface area contributed by atoms with E-state index >= 15 is 0 Å². The van der Waals surface area contributed by atoms with Crippen molar-refractivity contribution in [3.63, 3.8) is 0 Å². The first-order valence-corrected chi connectivity index (χ1v) is 6.40. The molecule has 3 N–H and O–H groups in total. The monoisotopic (exact) mass is 229 g/mol. The fourth-order valence-electron chi connectivity index (χ4n) is 1.49. The Balaban J connectivity index is 3.87. The van der Waals surface area contributed by atoms with E-state index in [1.165, 1.54) is 19.3 Å². The zero-order chi connectivity index (χ0) is 12.2. The Labute approximate surface area is 99.5 Å². The lowest BCUT2D eigenvalue weighted by Crippen LogP contribution is -2.42. The van der Waals surface area contributed by atoms with E-state index in [1.54, 1.807) is 0 Å². The molecule has 0 aromatic rings. The van der Waals surface area contributed by atoms with Gasteiger partial charge in [0.25, 0.3) is 0 Å². The van der Waals surface area contributed by atoms with E-state index < -0.39 is 0 Å². The van der Waals surface area contributed by atoms with Crippen LogP contribution in [0.2, 0.25) is 0 Å². The van der Waals surface area contributed by atoms with Crippen LogP contribution >= 0.6 is 0 Å². The highest BCUT2D eigenvalue weighted by atomic mass is 16.3. The maximum atomic E-state index is 8.73. The van der Waals surface area contributed by atoms with Crippen LogP contribution in [0.3, 0.4) is 0 Å². The van der Waals surface area contributed by atoms with E-state index in [1.807, 2.05) is 6.92 Å². The fourth-order valence-corrected chi connectivity index (χ4v) is 1.49. The zero-order valence-electron chi connectivity index (χ0n) is 10.9. The molecule has 0 spiro atoms. The van der Waals surface area contributed by atoms with Crippen LogP contribution in [0.15, 0.2) is 4.99 Å².